The number of nitrogens with zero attached hydrogens (tertiary/aromatic N) is 2. The van der Waals surface area contributed by atoms with E-state index in [1.165, 1.54) is 0 Å². The quantitative estimate of drug-likeness (QED) is 0.634. The van der Waals surface area contributed by atoms with Gasteiger partial charge in [-0.3, -0.25) is 0 Å². The molecule has 0 saturated heterocycles. The third-order valence-corrected chi connectivity index (χ3v) is 2.52. The van der Waals surface area contributed by atoms with E-state index in [-0.39, 0.29) is 0 Å². The number of ether oxygens (including phenoxy) is 4. The highest BCUT2D eigenvalue weighted by atomic mass is 16.6. The first-order valence-corrected chi connectivity index (χ1v) is 6.53. The number of aryl methyl sites for hydroxylation is 1. The van der Waals surface area contributed by atoms with Crippen LogP contribution in [0.4, 0.5) is 5.82 Å². The maximum absolute atomic E-state index is 5.74. The molecule has 0 saturated carbocycles. The molecule has 7 nitrogen and oxygen atoms in total. The van der Waals surface area contributed by atoms with Gasteiger partial charge in [-0.25, -0.2) is 4.98 Å². The molecule has 2 N–H and O–H groups in total. The van der Waals surface area contributed by atoms with Crippen molar-refractivity contribution >= 4 is 5.82 Å². The van der Waals surface area contributed by atoms with Crippen LogP contribution in [-0.2, 0) is 14.2 Å². The summed E-state index contributed by atoms with van der Waals surface area (Å²) < 4.78 is 21.0. The predicted molar refractivity (Wildman–Crippen MR) is 74.9 cm³/mol. The Kier molecular flexibility index (Phi) is 7.86. The van der Waals surface area contributed by atoms with Gasteiger partial charge >= 0.3 is 0 Å². The third kappa shape index (κ3) is 6.14. The summed E-state index contributed by atoms with van der Waals surface area (Å²) in [7, 11) is 1.64. The van der Waals surface area contributed by atoms with Crippen molar-refractivity contribution < 1.29 is 18.9 Å². The van der Waals surface area contributed by atoms with Gasteiger partial charge in [0, 0.05) is 7.11 Å². The first-order valence-electron chi connectivity index (χ1n) is 6.53. The van der Waals surface area contributed by atoms with Gasteiger partial charge in [-0.1, -0.05) is 0 Å². The lowest BCUT2D eigenvalue weighted by atomic mass is 10.3. The van der Waals surface area contributed by atoms with Crippen molar-refractivity contribution in [2.75, 3.05) is 52.5 Å². The summed E-state index contributed by atoms with van der Waals surface area (Å²) in [6.45, 7) is 6.72. The summed E-state index contributed by atoms with van der Waals surface area (Å²) in [5.41, 5.74) is 6.49. The topological polar surface area (TPSA) is 88.7 Å². The minimum Gasteiger partial charge on any atom is -0.475 e. The van der Waals surface area contributed by atoms with Gasteiger partial charge in [0.05, 0.1) is 38.6 Å². The van der Waals surface area contributed by atoms with Crippen LogP contribution in [0, 0.1) is 13.8 Å². The van der Waals surface area contributed by atoms with Crippen LogP contribution in [0.2, 0.25) is 0 Å². The van der Waals surface area contributed by atoms with Crippen molar-refractivity contribution in [3.8, 4) is 5.88 Å². The van der Waals surface area contributed by atoms with Gasteiger partial charge in [0.2, 0.25) is 5.88 Å². The van der Waals surface area contributed by atoms with Crippen molar-refractivity contribution in [3.05, 3.63) is 11.4 Å². The number of hydrogen-bond acceptors (Lipinski definition) is 7. The molecule has 1 aromatic rings. The van der Waals surface area contributed by atoms with Crippen molar-refractivity contribution in [3.63, 3.8) is 0 Å². The Morgan fingerprint density at radius 2 is 1.50 bits per heavy atom. The van der Waals surface area contributed by atoms with Crippen LogP contribution in [0.25, 0.3) is 0 Å². The first kappa shape index (κ1) is 16.6. The zero-order chi connectivity index (χ0) is 14.8. The molecule has 1 rings (SSSR count). The summed E-state index contributed by atoms with van der Waals surface area (Å²) in [6, 6.07) is 0. The summed E-state index contributed by atoms with van der Waals surface area (Å²) >= 11 is 0. The number of nitrogens with two attached hydrogens (primary N) is 1. The third-order valence-electron chi connectivity index (χ3n) is 2.52. The monoisotopic (exact) mass is 285 g/mol. The Hall–Kier alpha value is -1.44. The molecule has 1 heterocycles. The van der Waals surface area contributed by atoms with E-state index in [1.807, 2.05) is 6.92 Å². The second kappa shape index (κ2) is 9.46. The standard InChI is InChI=1S/C13H23N3O4/c1-10-12(14)15-11(2)16-13(10)20-9-8-19-7-6-18-5-4-17-3/h4-9H2,1-3H3,(H2,14,15,16). The number of hydrogen-bond donors (Lipinski definition) is 1. The molecule has 0 spiro atoms. The Morgan fingerprint density at radius 1 is 0.900 bits per heavy atom. The zero-order valence-electron chi connectivity index (χ0n) is 12.3. The lowest BCUT2D eigenvalue weighted by Gasteiger charge is -2.10. The number of rotatable bonds is 10. The molecule has 0 unspecified atom stereocenters. The summed E-state index contributed by atoms with van der Waals surface area (Å²) in [4.78, 5) is 8.25. The van der Waals surface area contributed by atoms with Gasteiger partial charge in [-0.2, -0.15) is 4.98 Å². The summed E-state index contributed by atoms with van der Waals surface area (Å²) in [5.74, 6) is 1.55. The maximum Gasteiger partial charge on any atom is 0.221 e. The number of anilines is 1. The molecule has 0 aliphatic heterocycles. The fraction of sp³-hybridized carbons (Fsp3) is 0.692. The molecule has 0 aliphatic rings. The van der Waals surface area contributed by atoms with E-state index in [9.17, 15) is 0 Å². The predicted octanol–water partition coefficient (Wildman–Crippen LogP) is 0.734. The van der Waals surface area contributed by atoms with Crippen LogP contribution >= 0.6 is 0 Å². The number of nitrogen functional groups attached to an aromatic ring is 1. The Bertz CT molecular complexity index is 401. The molecular formula is C13H23N3O4. The largest absolute Gasteiger partial charge is 0.475 e. The van der Waals surface area contributed by atoms with Gasteiger partial charge in [0.1, 0.15) is 18.2 Å². The zero-order valence-corrected chi connectivity index (χ0v) is 12.3. The Labute approximate surface area is 119 Å². The van der Waals surface area contributed by atoms with Crippen LogP contribution in [-0.4, -0.2) is 56.7 Å². The Balaban J connectivity index is 2.13. The van der Waals surface area contributed by atoms with Crippen LogP contribution in [0.15, 0.2) is 0 Å². The molecule has 0 aromatic carbocycles. The van der Waals surface area contributed by atoms with Crippen molar-refractivity contribution in [1.29, 1.82) is 0 Å². The SMILES string of the molecule is COCCOCCOCCOc1nc(C)nc(N)c1C. The van der Waals surface area contributed by atoms with Crippen LogP contribution < -0.4 is 10.5 Å². The van der Waals surface area contributed by atoms with Crippen molar-refractivity contribution in [2.24, 2.45) is 0 Å². The molecule has 114 valence electrons. The fourth-order valence-corrected chi connectivity index (χ4v) is 1.43. The Morgan fingerprint density at radius 3 is 2.15 bits per heavy atom. The molecule has 7 heteroatoms. The van der Waals surface area contributed by atoms with Gasteiger partial charge in [-0.05, 0) is 13.8 Å². The van der Waals surface area contributed by atoms with E-state index in [0.717, 1.165) is 5.56 Å². The highest BCUT2D eigenvalue weighted by Gasteiger charge is 2.07. The molecule has 0 atom stereocenters. The van der Waals surface area contributed by atoms with E-state index < -0.39 is 0 Å². The molecule has 0 fully saturated rings. The molecule has 1 aromatic heterocycles. The fourth-order valence-electron chi connectivity index (χ4n) is 1.43. The highest BCUT2D eigenvalue weighted by molar-refractivity contribution is 5.44. The normalized spacial score (nSPS) is 10.8. The van der Waals surface area contributed by atoms with Crippen molar-refractivity contribution in [1.82, 2.24) is 9.97 Å². The highest BCUT2D eigenvalue weighted by Crippen LogP contribution is 2.18. The minimum atomic E-state index is 0.412. The average molecular weight is 285 g/mol. The van der Waals surface area contributed by atoms with Gasteiger partial charge in [-0.15, -0.1) is 0 Å². The lowest BCUT2D eigenvalue weighted by Crippen LogP contribution is -2.13. The molecule has 0 aliphatic carbocycles. The van der Waals surface area contributed by atoms with E-state index in [1.54, 1.807) is 14.0 Å². The van der Waals surface area contributed by atoms with E-state index in [2.05, 4.69) is 9.97 Å². The van der Waals surface area contributed by atoms with Crippen LogP contribution in [0.3, 0.4) is 0 Å². The summed E-state index contributed by atoms with van der Waals surface area (Å²) in [5, 5.41) is 0. The van der Waals surface area contributed by atoms with E-state index >= 15 is 0 Å². The second-order valence-electron chi connectivity index (χ2n) is 4.15. The van der Waals surface area contributed by atoms with E-state index in [4.69, 9.17) is 24.7 Å². The summed E-state index contributed by atoms with van der Waals surface area (Å²) in [6.07, 6.45) is 0. The molecule has 0 amide bonds. The van der Waals surface area contributed by atoms with E-state index in [0.29, 0.717) is 57.2 Å². The van der Waals surface area contributed by atoms with Gasteiger partial charge < -0.3 is 24.7 Å². The van der Waals surface area contributed by atoms with Gasteiger partial charge in [0.15, 0.2) is 0 Å². The average Bonchev–Trinajstić information content (AvgIpc) is 2.42. The first-order chi connectivity index (χ1) is 9.65. The van der Waals surface area contributed by atoms with Crippen LogP contribution in [0.1, 0.15) is 11.4 Å². The van der Waals surface area contributed by atoms with Crippen LogP contribution in [0.5, 0.6) is 5.88 Å². The smallest absolute Gasteiger partial charge is 0.221 e. The minimum absolute atomic E-state index is 0.412. The molecule has 20 heavy (non-hydrogen) atoms. The number of aromatic nitrogens is 2. The second-order valence-corrected chi connectivity index (χ2v) is 4.15. The van der Waals surface area contributed by atoms with Gasteiger partial charge in [0.25, 0.3) is 0 Å². The molecule has 0 radical (unpaired) electrons. The lowest BCUT2D eigenvalue weighted by molar-refractivity contribution is 0.0176. The molecular weight excluding hydrogens is 262 g/mol. The maximum atomic E-state index is 5.74. The number of methoxy groups -OCH3 is 1. The van der Waals surface area contributed by atoms with Crippen molar-refractivity contribution in [2.45, 2.75) is 13.8 Å². The molecule has 0 bridgehead atoms.